The Labute approximate surface area is 108 Å². The van der Waals surface area contributed by atoms with Gasteiger partial charge in [-0.05, 0) is 31.9 Å². The van der Waals surface area contributed by atoms with Crippen LogP contribution < -0.4 is 10.2 Å². The first-order valence-corrected chi connectivity index (χ1v) is 6.09. The molecule has 1 N–H and O–H groups in total. The molecule has 0 aliphatic heterocycles. The fourth-order valence-corrected chi connectivity index (χ4v) is 1.74. The van der Waals surface area contributed by atoms with E-state index in [4.69, 9.17) is 11.6 Å². The molecule has 0 saturated carbocycles. The van der Waals surface area contributed by atoms with Crippen molar-refractivity contribution in [3.05, 3.63) is 5.28 Å². The summed E-state index contributed by atoms with van der Waals surface area (Å²) < 4.78 is 0. The van der Waals surface area contributed by atoms with Gasteiger partial charge in [-0.3, -0.25) is 0 Å². The second kappa shape index (κ2) is 5.49. The van der Waals surface area contributed by atoms with Crippen LogP contribution in [0.15, 0.2) is 0 Å². The second-order valence-electron chi connectivity index (χ2n) is 4.88. The maximum atomic E-state index is 5.87. The van der Waals surface area contributed by atoms with Crippen molar-refractivity contribution in [2.75, 3.05) is 24.3 Å². The predicted molar refractivity (Wildman–Crippen MR) is 71.8 cm³/mol. The zero-order valence-electron chi connectivity index (χ0n) is 11.1. The van der Waals surface area contributed by atoms with Crippen molar-refractivity contribution in [3.63, 3.8) is 0 Å². The zero-order valence-corrected chi connectivity index (χ0v) is 11.8. The largest absolute Gasteiger partial charge is 0.349 e. The monoisotopic (exact) mass is 257 g/mol. The second-order valence-corrected chi connectivity index (χ2v) is 5.22. The average Bonchev–Trinajstić information content (AvgIpc) is 2.15. The van der Waals surface area contributed by atoms with Crippen molar-refractivity contribution in [2.45, 2.75) is 39.2 Å². The summed E-state index contributed by atoms with van der Waals surface area (Å²) in [4.78, 5) is 14.2. The minimum Gasteiger partial charge on any atom is -0.349 e. The summed E-state index contributed by atoms with van der Waals surface area (Å²) in [5.74, 6) is 1.08. The number of hydrogen-bond acceptors (Lipinski definition) is 5. The van der Waals surface area contributed by atoms with E-state index in [9.17, 15) is 0 Å². The molecule has 0 fully saturated rings. The fourth-order valence-electron chi connectivity index (χ4n) is 1.59. The van der Waals surface area contributed by atoms with Crippen molar-refractivity contribution in [2.24, 2.45) is 0 Å². The van der Waals surface area contributed by atoms with Crippen LogP contribution in [0.5, 0.6) is 0 Å². The molecule has 96 valence electrons. The van der Waals surface area contributed by atoms with Gasteiger partial charge in [-0.1, -0.05) is 13.3 Å². The first kappa shape index (κ1) is 14.0. The average molecular weight is 258 g/mol. The summed E-state index contributed by atoms with van der Waals surface area (Å²) in [6.45, 7) is 6.38. The topological polar surface area (TPSA) is 53.9 Å². The van der Waals surface area contributed by atoms with E-state index < -0.39 is 0 Å². The molecule has 1 aromatic rings. The third-order valence-electron chi connectivity index (χ3n) is 2.32. The van der Waals surface area contributed by atoms with E-state index in [0.717, 1.165) is 12.8 Å². The highest BCUT2D eigenvalue weighted by atomic mass is 35.5. The van der Waals surface area contributed by atoms with E-state index in [1.807, 2.05) is 14.1 Å². The molecule has 0 spiro atoms. The van der Waals surface area contributed by atoms with Crippen LogP contribution in [0.2, 0.25) is 5.28 Å². The Kier molecular flexibility index (Phi) is 4.51. The number of nitrogens with zero attached hydrogens (tertiary/aromatic N) is 4. The summed E-state index contributed by atoms with van der Waals surface area (Å²) in [6, 6.07) is 0. The molecule has 0 unspecified atom stereocenters. The van der Waals surface area contributed by atoms with Gasteiger partial charge in [0.2, 0.25) is 17.2 Å². The molecule has 0 aromatic carbocycles. The van der Waals surface area contributed by atoms with E-state index in [1.165, 1.54) is 0 Å². The van der Waals surface area contributed by atoms with Crippen molar-refractivity contribution in [3.8, 4) is 0 Å². The molecule has 1 aromatic heterocycles. The molecule has 0 amide bonds. The SMILES string of the molecule is CCCC(C)(C)Nc1nc(Cl)nc(N(C)C)n1. The van der Waals surface area contributed by atoms with Crippen LogP contribution >= 0.6 is 11.6 Å². The van der Waals surface area contributed by atoms with Gasteiger partial charge in [0, 0.05) is 19.6 Å². The Bertz CT molecular complexity index is 378. The van der Waals surface area contributed by atoms with Gasteiger partial charge in [0.05, 0.1) is 0 Å². The minimum absolute atomic E-state index is 0.0526. The lowest BCUT2D eigenvalue weighted by molar-refractivity contribution is 0.506. The highest BCUT2D eigenvalue weighted by Crippen LogP contribution is 2.19. The van der Waals surface area contributed by atoms with E-state index >= 15 is 0 Å². The lowest BCUT2D eigenvalue weighted by Gasteiger charge is -2.26. The number of hydrogen-bond donors (Lipinski definition) is 1. The molecular formula is C11H20ClN5. The number of rotatable bonds is 5. The molecule has 0 bridgehead atoms. The van der Waals surface area contributed by atoms with Gasteiger partial charge in [0.1, 0.15) is 0 Å². The van der Waals surface area contributed by atoms with Gasteiger partial charge >= 0.3 is 0 Å². The molecule has 0 saturated heterocycles. The first-order chi connectivity index (χ1) is 7.84. The summed E-state index contributed by atoms with van der Waals surface area (Å²) in [7, 11) is 3.74. The molecular weight excluding hydrogens is 238 g/mol. The Balaban J connectivity index is 2.91. The van der Waals surface area contributed by atoms with Gasteiger partial charge in [-0.15, -0.1) is 0 Å². The van der Waals surface area contributed by atoms with Crippen LogP contribution in [0.25, 0.3) is 0 Å². The molecule has 0 aliphatic rings. The van der Waals surface area contributed by atoms with Gasteiger partial charge < -0.3 is 10.2 Å². The van der Waals surface area contributed by atoms with E-state index in [1.54, 1.807) is 4.90 Å². The van der Waals surface area contributed by atoms with Gasteiger partial charge in [0.15, 0.2) is 0 Å². The van der Waals surface area contributed by atoms with Gasteiger partial charge in [-0.2, -0.15) is 15.0 Å². The molecule has 5 nitrogen and oxygen atoms in total. The number of aromatic nitrogens is 3. The molecule has 6 heteroatoms. The third kappa shape index (κ3) is 4.34. The maximum absolute atomic E-state index is 5.87. The normalized spacial score (nSPS) is 11.4. The van der Waals surface area contributed by atoms with E-state index in [-0.39, 0.29) is 10.8 Å². The quantitative estimate of drug-likeness (QED) is 0.879. The Morgan fingerprint density at radius 2 is 1.88 bits per heavy atom. The lowest BCUT2D eigenvalue weighted by Crippen LogP contribution is -2.32. The third-order valence-corrected chi connectivity index (χ3v) is 2.49. The highest BCUT2D eigenvalue weighted by Gasteiger charge is 2.18. The molecule has 17 heavy (non-hydrogen) atoms. The summed E-state index contributed by atoms with van der Waals surface area (Å²) in [6.07, 6.45) is 2.13. The number of anilines is 2. The van der Waals surface area contributed by atoms with Crippen molar-refractivity contribution in [1.29, 1.82) is 0 Å². The van der Waals surface area contributed by atoms with Gasteiger partial charge in [-0.25, -0.2) is 0 Å². The van der Waals surface area contributed by atoms with Crippen LogP contribution in [0.1, 0.15) is 33.6 Å². The van der Waals surface area contributed by atoms with E-state index in [0.29, 0.717) is 11.9 Å². The lowest BCUT2D eigenvalue weighted by atomic mass is 9.99. The van der Waals surface area contributed by atoms with Crippen LogP contribution in [0, 0.1) is 0 Å². The Hall–Kier alpha value is -1.10. The van der Waals surface area contributed by atoms with E-state index in [2.05, 4.69) is 41.0 Å². The predicted octanol–water partition coefficient (Wildman–Crippen LogP) is 2.58. The fraction of sp³-hybridized carbons (Fsp3) is 0.727. The smallest absolute Gasteiger partial charge is 0.230 e. The maximum Gasteiger partial charge on any atom is 0.230 e. The van der Waals surface area contributed by atoms with Crippen molar-refractivity contribution < 1.29 is 0 Å². The zero-order chi connectivity index (χ0) is 13.1. The summed E-state index contributed by atoms with van der Waals surface area (Å²) >= 11 is 5.87. The van der Waals surface area contributed by atoms with Gasteiger partial charge in [0.25, 0.3) is 0 Å². The minimum atomic E-state index is -0.0526. The first-order valence-electron chi connectivity index (χ1n) is 5.71. The molecule has 1 heterocycles. The van der Waals surface area contributed by atoms with Crippen LogP contribution in [0.3, 0.4) is 0 Å². The Morgan fingerprint density at radius 1 is 1.24 bits per heavy atom. The molecule has 0 aliphatic carbocycles. The van der Waals surface area contributed by atoms with Crippen molar-refractivity contribution >= 4 is 23.5 Å². The highest BCUT2D eigenvalue weighted by molar-refractivity contribution is 6.28. The molecule has 1 rings (SSSR count). The van der Waals surface area contributed by atoms with Crippen LogP contribution in [-0.4, -0.2) is 34.6 Å². The Morgan fingerprint density at radius 3 is 2.41 bits per heavy atom. The van der Waals surface area contributed by atoms with Crippen LogP contribution in [0.4, 0.5) is 11.9 Å². The molecule has 0 radical (unpaired) electrons. The molecule has 0 atom stereocenters. The number of nitrogens with one attached hydrogen (secondary N) is 1. The number of halogens is 1. The summed E-state index contributed by atoms with van der Waals surface area (Å²) in [5.41, 5.74) is -0.0526. The summed E-state index contributed by atoms with van der Waals surface area (Å²) in [5, 5.41) is 3.49. The van der Waals surface area contributed by atoms with Crippen molar-refractivity contribution in [1.82, 2.24) is 15.0 Å². The standard InChI is InChI=1S/C11H20ClN5/c1-6-7-11(2,3)16-9-13-8(12)14-10(15-9)17(4)5/h6-7H2,1-5H3,(H,13,14,15,16). The van der Waals surface area contributed by atoms with Crippen LogP contribution in [-0.2, 0) is 0 Å².